The van der Waals surface area contributed by atoms with Crippen LogP contribution < -0.4 is 4.74 Å². The molecule has 0 aliphatic rings. The smallest absolute Gasteiger partial charge is 0.187 e. The van der Waals surface area contributed by atoms with Crippen LogP contribution in [0.3, 0.4) is 0 Å². The molecule has 0 bridgehead atoms. The molecule has 1 atom stereocenters. The minimum Gasteiger partial charge on any atom is -0.491 e. The third-order valence-electron chi connectivity index (χ3n) is 3.08. The number of aromatic nitrogens is 2. The zero-order valence-electron chi connectivity index (χ0n) is 13.0. The van der Waals surface area contributed by atoms with Gasteiger partial charge in [-0.15, -0.1) is 0 Å². The first kappa shape index (κ1) is 17.4. The number of hydrogen-bond donors (Lipinski definition) is 1. The molecular formula is C17H20N2O3S. The highest BCUT2D eigenvalue weighted by Gasteiger charge is 2.08. The lowest BCUT2D eigenvalue weighted by atomic mass is 10.1. The fourth-order valence-corrected chi connectivity index (χ4v) is 2.55. The molecule has 1 aromatic heterocycles. The summed E-state index contributed by atoms with van der Waals surface area (Å²) in [6.45, 7) is 1.81. The van der Waals surface area contributed by atoms with E-state index in [0.29, 0.717) is 23.1 Å². The molecule has 1 unspecified atom stereocenters. The molecule has 0 saturated carbocycles. The van der Waals surface area contributed by atoms with E-state index in [0.717, 1.165) is 12.0 Å². The number of thioether (sulfide) groups is 1. The summed E-state index contributed by atoms with van der Waals surface area (Å²) in [7, 11) is 0. The van der Waals surface area contributed by atoms with E-state index in [1.165, 1.54) is 11.8 Å². The van der Waals surface area contributed by atoms with Gasteiger partial charge in [-0.3, -0.25) is 0 Å². The van der Waals surface area contributed by atoms with Crippen molar-refractivity contribution in [2.45, 2.75) is 31.0 Å². The average Bonchev–Trinajstić information content (AvgIpc) is 2.58. The fraction of sp³-hybridized carbons (Fsp3) is 0.353. The second-order valence-corrected chi connectivity index (χ2v) is 6.14. The Bertz CT molecular complexity index is 605. The minimum absolute atomic E-state index is 0.188. The second-order valence-electron chi connectivity index (χ2n) is 5.15. The summed E-state index contributed by atoms with van der Waals surface area (Å²) in [5, 5.41) is 10.6. The summed E-state index contributed by atoms with van der Waals surface area (Å²) in [5.74, 6) is 1.37. The Morgan fingerprint density at radius 1 is 1.26 bits per heavy atom. The molecule has 23 heavy (non-hydrogen) atoms. The van der Waals surface area contributed by atoms with Crippen LogP contribution in [-0.2, 0) is 11.2 Å². The van der Waals surface area contributed by atoms with Crippen molar-refractivity contribution in [1.82, 2.24) is 9.97 Å². The van der Waals surface area contributed by atoms with Crippen LogP contribution in [0.1, 0.15) is 18.9 Å². The summed E-state index contributed by atoms with van der Waals surface area (Å²) in [6.07, 6.45) is 4.04. The summed E-state index contributed by atoms with van der Waals surface area (Å²) in [5.41, 5.74) is 1.10. The molecule has 0 radical (unpaired) electrons. The SMILES string of the molecule is CC(=O)CCc1ccc(OCC(O)CSc2ncccn2)cc1. The van der Waals surface area contributed by atoms with Crippen LogP contribution in [0.25, 0.3) is 0 Å². The standard InChI is InChI=1S/C17H20N2O3S/c1-13(20)3-4-14-5-7-16(8-6-14)22-11-15(21)12-23-17-18-9-2-10-19-17/h2,5-10,15,21H,3-4,11-12H2,1H3. The largest absolute Gasteiger partial charge is 0.491 e. The van der Waals surface area contributed by atoms with Crippen molar-refractivity contribution < 1.29 is 14.6 Å². The topological polar surface area (TPSA) is 72.3 Å². The molecule has 6 heteroatoms. The molecule has 1 N–H and O–H groups in total. The van der Waals surface area contributed by atoms with E-state index in [9.17, 15) is 9.90 Å². The van der Waals surface area contributed by atoms with E-state index in [2.05, 4.69) is 9.97 Å². The van der Waals surface area contributed by atoms with Gasteiger partial charge in [-0.25, -0.2) is 9.97 Å². The normalized spacial score (nSPS) is 11.9. The number of aliphatic hydroxyl groups excluding tert-OH is 1. The highest BCUT2D eigenvalue weighted by molar-refractivity contribution is 7.99. The van der Waals surface area contributed by atoms with Crippen molar-refractivity contribution in [3.8, 4) is 5.75 Å². The van der Waals surface area contributed by atoms with E-state index < -0.39 is 6.10 Å². The molecule has 5 nitrogen and oxygen atoms in total. The number of Topliss-reactive ketones (excluding diaryl/α,β-unsaturated/α-hetero) is 1. The Hall–Kier alpha value is -1.92. The Kier molecular flexibility index (Phi) is 7.03. The number of ketones is 1. The Labute approximate surface area is 140 Å². The van der Waals surface area contributed by atoms with Gasteiger partial charge in [0.2, 0.25) is 0 Å². The highest BCUT2D eigenvalue weighted by atomic mass is 32.2. The number of rotatable bonds is 9. The van der Waals surface area contributed by atoms with Gasteiger partial charge < -0.3 is 14.6 Å². The number of benzene rings is 1. The zero-order valence-corrected chi connectivity index (χ0v) is 13.8. The molecule has 2 rings (SSSR count). The lowest BCUT2D eigenvalue weighted by Crippen LogP contribution is -2.20. The molecule has 1 aromatic carbocycles. The molecule has 0 aliphatic heterocycles. The summed E-state index contributed by atoms with van der Waals surface area (Å²) in [4.78, 5) is 19.1. The quantitative estimate of drug-likeness (QED) is 0.562. The number of nitrogens with zero attached hydrogens (tertiary/aromatic N) is 2. The van der Waals surface area contributed by atoms with Gasteiger partial charge in [-0.05, 0) is 37.1 Å². The van der Waals surface area contributed by atoms with E-state index in [1.807, 2.05) is 24.3 Å². The van der Waals surface area contributed by atoms with Gasteiger partial charge >= 0.3 is 0 Å². The predicted octanol–water partition coefficient (Wildman–Crippen LogP) is 2.53. The second kappa shape index (κ2) is 9.27. The molecular weight excluding hydrogens is 312 g/mol. The van der Waals surface area contributed by atoms with Crippen molar-refractivity contribution in [2.24, 2.45) is 0 Å². The van der Waals surface area contributed by atoms with Gasteiger partial charge in [0.15, 0.2) is 5.16 Å². The van der Waals surface area contributed by atoms with Gasteiger partial charge in [0, 0.05) is 24.6 Å². The van der Waals surface area contributed by atoms with Crippen LogP contribution in [0.5, 0.6) is 5.75 Å². The fourth-order valence-electron chi connectivity index (χ4n) is 1.84. The zero-order chi connectivity index (χ0) is 16.5. The summed E-state index contributed by atoms with van der Waals surface area (Å²) in [6, 6.07) is 9.35. The Morgan fingerprint density at radius 2 is 1.96 bits per heavy atom. The number of aliphatic hydroxyl groups is 1. The van der Waals surface area contributed by atoms with E-state index in [4.69, 9.17) is 4.74 Å². The maximum Gasteiger partial charge on any atom is 0.187 e. The first-order chi connectivity index (χ1) is 11.1. The van der Waals surface area contributed by atoms with Crippen LogP contribution in [0.15, 0.2) is 47.9 Å². The van der Waals surface area contributed by atoms with Crippen LogP contribution >= 0.6 is 11.8 Å². The Balaban J connectivity index is 1.71. The molecule has 0 fully saturated rings. The van der Waals surface area contributed by atoms with Gasteiger partial charge in [-0.1, -0.05) is 23.9 Å². The maximum absolute atomic E-state index is 11.0. The van der Waals surface area contributed by atoms with Crippen LogP contribution in [0, 0.1) is 0 Å². The number of ether oxygens (including phenoxy) is 1. The van der Waals surface area contributed by atoms with Crippen LogP contribution in [0.2, 0.25) is 0 Å². The lowest BCUT2D eigenvalue weighted by molar-refractivity contribution is -0.116. The first-order valence-corrected chi connectivity index (χ1v) is 8.41. The van der Waals surface area contributed by atoms with Gasteiger partial charge in [-0.2, -0.15) is 0 Å². The highest BCUT2D eigenvalue weighted by Crippen LogP contribution is 2.16. The van der Waals surface area contributed by atoms with E-state index in [1.54, 1.807) is 25.4 Å². The molecule has 122 valence electrons. The first-order valence-electron chi connectivity index (χ1n) is 7.42. The maximum atomic E-state index is 11.0. The lowest BCUT2D eigenvalue weighted by Gasteiger charge is -2.12. The van der Waals surface area contributed by atoms with Crippen LogP contribution in [-0.4, -0.2) is 39.3 Å². The number of carbonyl (C=O) groups excluding carboxylic acids is 1. The third-order valence-corrected chi connectivity index (χ3v) is 4.10. The van der Waals surface area contributed by atoms with Gasteiger partial charge in [0.05, 0.1) is 6.10 Å². The average molecular weight is 332 g/mol. The minimum atomic E-state index is -0.596. The Morgan fingerprint density at radius 3 is 2.61 bits per heavy atom. The predicted molar refractivity (Wildman–Crippen MR) is 89.7 cm³/mol. The molecule has 0 amide bonds. The van der Waals surface area contributed by atoms with Gasteiger partial charge in [0.25, 0.3) is 0 Å². The molecule has 0 saturated heterocycles. The van der Waals surface area contributed by atoms with Crippen molar-refractivity contribution in [1.29, 1.82) is 0 Å². The van der Waals surface area contributed by atoms with Crippen molar-refractivity contribution in [3.05, 3.63) is 48.3 Å². The monoisotopic (exact) mass is 332 g/mol. The molecule has 1 heterocycles. The number of aryl methyl sites for hydroxylation is 1. The third kappa shape index (κ3) is 6.80. The molecule has 2 aromatic rings. The number of hydrogen-bond acceptors (Lipinski definition) is 6. The van der Waals surface area contributed by atoms with Crippen LogP contribution in [0.4, 0.5) is 0 Å². The van der Waals surface area contributed by atoms with E-state index in [-0.39, 0.29) is 12.4 Å². The van der Waals surface area contributed by atoms with Gasteiger partial charge in [0.1, 0.15) is 18.1 Å². The summed E-state index contributed by atoms with van der Waals surface area (Å²) < 4.78 is 5.57. The van der Waals surface area contributed by atoms with E-state index >= 15 is 0 Å². The number of carbonyl (C=O) groups is 1. The van der Waals surface area contributed by atoms with Crippen molar-refractivity contribution in [3.63, 3.8) is 0 Å². The molecule has 0 aliphatic carbocycles. The van der Waals surface area contributed by atoms with Crippen molar-refractivity contribution in [2.75, 3.05) is 12.4 Å². The van der Waals surface area contributed by atoms with Crippen molar-refractivity contribution >= 4 is 17.5 Å². The molecule has 0 spiro atoms. The summed E-state index contributed by atoms with van der Waals surface area (Å²) >= 11 is 1.39.